The van der Waals surface area contributed by atoms with Crippen molar-refractivity contribution in [1.82, 2.24) is 10.2 Å². The van der Waals surface area contributed by atoms with E-state index in [0.717, 1.165) is 12.5 Å². The standard InChI is InChI=1S/C5H10IN3/c1-7-5-8-4(6)3-9(5)2/h4H,3H2,1-2H3,(H,7,8). The van der Waals surface area contributed by atoms with Gasteiger partial charge in [0, 0.05) is 20.6 Å². The van der Waals surface area contributed by atoms with Crippen molar-refractivity contribution in [2.24, 2.45) is 4.99 Å². The first-order valence-electron chi connectivity index (χ1n) is 2.82. The normalized spacial score (nSPS) is 31.2. The van der Waals surface area contributed by atoms with Crippen LogP contribution in [0, 0.1) is 0 Å². The van der Waals surface area contributed by atoms with Crippen LogP contribution < -0.4 is 5.32 Å². The molecule has 4 heteroatoms. The topological polar surface area (TPSA) is 27.6 Å². The third-order valence-electron chi connectivity index (χ3n) is 1.29. The number of halogens is 1. The molecule has 0 aromatic carbocycles. The molecule has 0 aliphatic carbocycles. The van der Waals surface area contributed by atoms with Crippen LogP contribution in [0.15, 0.2) is 4.99 Å². The number of alkyl halides is 1. The minimum absolute atomic E-state index is 0.520. The quantitative estimate of drug-likeness (QED) is 0.373. The van der Waals surface area contributed by atoms with Gasteiger partial charge in [-0.3, -0.25) is 4.99 Å². The zero-order chi connectivity index (χ0) is 6.85. The monoisotopic (exact) mass is 239 g/mol. The number of guanidine groups is 1. The Bertz CT molecular complexity index is 134. The molecule has 1 unspecified atom stereocenters. The highest BCUT2D eigenvalue weighted by Crippen LogP contribution is 2.06. The van der Waals surface area contributed by atoms with Gasteiger partial charge in [0.05, 0.1) is 4.05 Å². The van der Waals surface area contributed by atoms with E-state index in [1.165, 1.54) is 0 Å². The second-order valence-corrected chi connectivity index (χ2v) is 3.54. The van der Waals surface area contributed by atoms with Gasteiger partial charge in [-0.1, -0.05) is 22.6 Å². The molecule has 0 saturated carbocycles. The number of hydrogen-bond acceptors (Lipinski definition) is 1. The summed E-state index contributed by atoms with van der Waals surface area (Å²) in [5.41, 5.74) is 0. The van der Waals surface area contributed by atoms with Crippen LogP contribution in [-0.4, -0.2) is 35.5 Å². The Labute approximate surface area is 68.7 Å². The highest BCUT2D eigenvalue weighted by molar-refractivity contribution is 14.1. The van der Waals surface area contributed by atoms with E-state index in [-0.39, 0.29) is 0 Å². The first-order valence-corrected chi connectivity index (χ1v) is 4.07. The Hall–Kier alpha value is -0.0000000000000000555. The molecule has 1 atom stereocenters. The lowest BCUT2D eigenvalue weighted by Crippen LogP contribution is -2.26. The van der Waals surface area contributed by atoms with Crippen molar-refractivity contribution < 1.29 is 0 Å². The van der Waals surface area contributed by atoms with Gasteiger partial charge < -0.3 is 10.2 Å². The minimum atomic E-state index is 0.520. The zero-order valence-electron chi connectivity index (χ0n) is 5.56. The maximum Gasteiger partial charge on any atom is 0.194 e. The van der Waals surface area contributed by atoms with Gasteiger partial charge in [-0.25, -0.2) is 0 Å². The van der Waals surface area contributed by atoms with E-state index in [4.69, 9.17) is 0 Å². The summed E-state index contributed by atoms with van der Waals surface area (Å²) < 4.78 is 0.520. The number of rotatable bonds is 0. The van der Waals surface area contributed by atoms with Crippen molar-refractivity contribution in [3.05, 3.63) is 0 Å². The Balaban J connectivity index is 2.58. The third-order valence-corrected chi connectivity index (χ3v) is 2.00. The summed E-state index contributed by atoms with van der Waals surface area (Å²) in [6, 6.07) is 0. The summed E-state index contributed by atoms with van der Waals surface area (Å²) in [5.74, 6) is 0.995. The highest BCUT2D eigenvalue weighted by Gasteiger charge is 2.19. The number of aliphatic imine (C=N–C) groups is 1. The molecule has 1 aliphatic rings. The van der Waals surface area contributed by atoms with Gasteiger partial charge in [0.1, 0.15) is 0 Å². The molecule has 1 saturated heterocycles. The van der Waals surface area contributed by atoms with Crippen molar-refractivity contribution in [3.63, 3.8) is 0 Å². The molecule has 1 aliphatic heterocycles. The maximum absolute atomic E-state index is 4.05. The van der Waals surface area contributed by atoms with E-state index in [2.05, 4.69) is 37.8 Å². The second kappa shape index (κ2) is 2.72. The summed E-state index contributed by atoms with van der Waals surface area (Å²) in [6.07, 6.45) is 0. The van der Waals surface area contributed by atoms with Crippen LogP contribution in [0.2, 0.25) is 0 Å². The lowest BCUT2D eigenvalue weighted by molar-refractivity contribution is 0.558. The van der Waals surface area contributed by atoms with Gasteiger partial charge in [-0.15, -0.1) is 0 Å². The van der Waals surface area contributed by atoms with Gasteiger partial charge in [-0.05, 0) is 0 Å². The third kappa shape index (κ3) is 1.47. The predicted molar refractivity (Wildman–Crippen MR) is 46.9 cm³/mol. The van der Waals surface area contributed by atoms with Crippen molar-refractivity contribution >= 4 is 28.6 Å². The lowest BCUT2D eigenvalue weighted by Gasteiger charge is -2.07. The molecular formula is C5H10IN3. The second-order valence-electron chi connectivity index (χ2n) is 2.04. The van der Waals surface area contributed by atoms with Crippen molar-refractivity contribution in [2.75, 3.05) is 20.6 Å². The molecule has 0 bridgehead atoms. The van der Waals surface area contributed by atoms with E-state index in [9.17, 15) is 0 Å². The lowest BCUT2D eigenvalue weighted by atomic mass is 10.7. The first kappa shape index (κ1) is 7.11. The zero-order valence-corrected chi connectivity index (χ0v) is 7.71. The number of likely N-dealkylation sites (N-methyl/N-ethyl adjacent to an activating group) is 1. The summed E-state index contributed by atoms with van der Waals surface area (Å²) in [4.78, 5) is 6.15. The Morgan fingerprint density at radius 2 is 2.56 bits per heavy atom. The van der Waals surface area contributed by atoms with E-state index in [0.29, 0.717) is 4.05 Å². The van der Waals surface area contributed by atoms with Gasteiger partial charge in [0.15, 0.2) is 5.96 Å². The molecule has 0 aromatic heterocycles. The van der Waals surface area contributed by atoms with Crippen LogP contribution in [0.5, 0.6) is 0 Å². The van der Waals surface area contributed by atoms with Crippen molar-refractivity contribution in [2.45, 2.75) is 4.05 Å². The van der Waals surface area contributed by atoms with Gasteiger partial charge >= 0.3 is 0 Å². The van der Waals surface area contributed by atoms with Crippen LogP contribution in [0.1, 0.15) is 0 Å². The van der Waals surface area contributed by atoms with E-state index < -0.39 is 0 Å². The van der Waals surface area contributed by atoms with Gasteiger partial charge in [-0.2, -0.15) is 0 Å². The Kier molecular flexibility index (Phi) is 2.15. The predicted octanol–water partition coefficient (Wildman–Crippen LogP) is 0.268. The molecule has 3 nitrogen and oxygen atoms in total. The molecule has 1 N–H and O–H groups in total. The van der Waals surface area contributed by atoms with Crippen LogP contribution >= 0.6 is 22.6 Å². The molecule has 0 spiro atoms. The summed E-state index contributed by atoms with van der Waals surface area (Å²) in [5, 5.41) is 3.22. The first-order chi connectivity index (χ1) is 4.24. The molecular weight excluding hydrogens is 229 g/mol. The largest absolute Gasteiger partial charge is 0.343 e. The average Bonchev–Trinajstić information content (AvgIpc) is 2.10. The summed E-state index contributed by atoms with van der Waals surface area (Å²) >= 11 is 2.35. The molecule has 1 fully saturated rings. The fraction of sp³-hybridized carbons (Fsp3) is 0.800. The van der Waals surface area contributed by atoms with Crippen LogP contribution in [0.25, 0.3) is 0 Å². The van der Waals surface area contributed by atoms with Gasteiger partial charge in [0.25, 0.3) is 0 Å². The Morgan fingerprint density at radius 3 is 2.78 bits per heavy atom. The molecule has 52 valence electrons. The smallest absolute Gasteiger partial charge is 0.194 e. The molecule has 1 rings (SSSR count). The molecule has 0 radical (unpaired) electrons. The number of nitrogens with one attached hydrogen (secondary N) is 1. The van der Waals surface area contributed by atoms with Crippen LogP contribution in [0.4, 0.5) is 0 Å². The van der Waals surface area contributed by atoms with E-state index in [1.807, 2.05) is 7.05 Å². The minimum Gasteiger partial charge on any atom is -0.343 e. The van der Waals surface area contributed by atoms with E-state index in [1.54, 1.807) is 7.05 Å². The fourth-order valence-electron chi connectivity index (χ4n) is 0.858. The number of hydrogen-bond donors (Lipinski definition) is 1. The molecule has 9 heavy (non-hydrogen) atoms. The van der Waals surface area contributed by atoms with E-state index >= 15 is 0 Å². The SMILES string of the molecule is C/N=C1\NC(I)CN1C. The highest BCUT2D eigenvalue weighted by atomic mass is 127. The summed E-state index contributed by atoms with van der Waals surface area (Å²) in [7, 11) is 3.83. The summed E-state index contributed by atoms with van der Waals surface area (Å²) in [6.45, 7) is 1.05. The van der Waals surface area contributed by atoms with Crippen LogP contribution in [-0.2, 0) is 0 Å². The van der Waals surface area contributed by atoms with Crippen molar-refractivity contribution in [1.29, 1.82) is 0 Å². The average molecular weight is 239 g/mol. The molecule has 0 aromatic rings. The van der Waals surface area contributed by atoms with Crippen molar-refractivity contribution in [3.8, 4) is 0 Å². The molecule has 0 amide bonds. The van der Waals surface area contributed by atoms with Gasteiger partial charge in [0.2, 0.25) is 0 Å². The van der Waals surface area contributed by atoms with Crippen LogP contribution in [0.3, 0.4) is 0 Å². The Morgan fingerprint density at radius 1 is 1.89 bits per heavy atom. The molecule has 1 heterocycles. The number of nitrogens with zero attached hydrogens (tertiary/aromatic N) is 2. The maximum atomic E-state index is 4.05. The fourth-order valence-corrected chi connectivity index (χ4v) is 1.73.